The summed E-state index contributed by atoms with van der Waals surface area (Å²) in [6.07, 6.45) is 0. The van der Waals surface area contributed by atoms with E-state index in [-0.39, 0.29) is 5.91 Å². The number of anilines is 2. The van der Waals surface area contributed by atoms with Crippen LogP contribution in [0, 0.1) is 6.92 Å². The highest BCUT2D eigenvalue weighted by Gasteiger charge is 2.29. The van der Waals surface area contributed by atoms with Crippen LogP contribution in [0.4, 0.5) is 11.6 Å². The molecule has 0 aliphatic heterocycles. The van der Waals surface area contributed by atoms with Crippen molar-refractivity contribution in [3.8, 4) is 5.75 Å². The Morgan fingerprint density at radius 1 is 1.11 bits per heavy atom. The van der Waals surface area contributed by atoms with E-state index < -0.39 is 5.60 Å². The molecule has 0 bridgehead atoms. The topological polar surface area (TPSA) is 88.2 Å². The van der Waals surface area contributed by atoms with Gasteiger partial charge in [0.2, 0.25) is 0 Å². The number of halogens is 1. The molecule has 1 aromatic heterocycles. The maximum absolute atomic E-state index is 12.4. The molecule has 1 amide bonds. The van der Waals surface area contributed by atoms with E-state index in [0.29, 0.717) is 35.5 Å². The van der Waals surface area contributed by atoms with Crippen LogP contribution in [-0.4, -0.2) is 41.1 Å². The molecule has 3 N–H and O–H groups in total. The summed E-state index contributed by atoms with van der Waals surface area (Å²) in [5, 5.41) is 9.83. The first-order chi connectivity index (χ1) is 12.8. The number of nitrogens with zero attached hydrogens (tertiary/aromatic N) is 2. The molecule has 0 atom stereocenters. The Bertz CT molecular complexity index is 765. The molecule has 1 heterocycles. The Balaban J connectivity index is 1.82. The Morgan fingerprint density at radius 3 is 2.37 bits per heavy atom. The smallest absolute Gasteiger partial charge is 0.263 e. The molecule has 0 saturated carbocycles. The summed E-state index contributed by atoms with van der Waals surface area (Å²) >= 11 is 5.86. The quantitative estimate of drug-likeness (QED) is 0.568. The zero-order valence-corrected chi connectivity index (χ0v) is 16.9. The van der Waals surface area contributed by atoms with Gasteiger partial charge >= 0.3 is 0 Å². The van der Waals surface area contributed by atoms with Crippen LogP contribution < -0.4 is 20.7 Å². The van der Waals surface area contributed by atoms with Gasteiger partial charge < -0.3 is 20.7 Å². The number of carbonyl (C=O) groups excluding carboxylic acids is 1. The number of aryl methyl sites for hydroxylation is 1. The summed E-state index contributed by atoms with van der Waals surface area (Å²) in [6.45, 7) is 9.05. The number of amides is 1. The number of rotatable bonds is 9. The van der Waals surface area contributed by atoms with Gasteiger partial charge in [-0.15, -0.1) is 0 Å². The fourth-order valence-electron chi connectivity index (χ4n) is 2.35. The molecule has 0 aliphatic rings. The molecule has 0 unspecified atom stereocenters. The number of benzene rings is 1. The van der Waals surface area contributed by atoms with E-state index in [2.05, 4.69) is 25.9 Å². The first-order valence-corrected chi connectivity index (χ1v) is 9.24. The second-order valence-electron chi connectivity index (χ2n) is 6.46. The maximum atomic E-state index is 12.4. The molecule has 8 heteroatoms. The molecule has 0 spiro atoms. The third-order valence-corrected chi connectivity index (χ3v) is 3.90. The van der Waals surface area contributed by atoms with Gasteiger partial charge in [-0.1, -0.05) is 11.6 Å². The van der Waals surface area contributed by atoms with E-state index in [9.17, 15) is 4.79 Å². The number of nitrogens with one attached hydrogen (secondary N) is 3. The molecule has 1 aromatic carbocycles. The van der Waals surface area contributed by atoms with Crippen LogP contribution in [0.25, 0.3) is 0 Å². The van der Waals surface area contributed by atoms with Gasteiger partial charge in [0.15, 0.2) is 5.60 Å². The van der Waals surface area contributed by atoms with Gasteiger partial charge in [-0.25, -0.2) is 9.97 Å². The van der Waals surface area contributed by atoms with Gasteiger partial charge in [-0.2, -0.15) is 0 Å². The number of hydrogen-bond acceptors (Lipinski definition) is 6. The largest absolute Gasteiger partial charge is 0.478 e. The highest BCUT2D eigenvalue weighted by molar-refractivity contribution is 6.30. The van der Waals surface area contributed by atoms with Crippen LogP contribution in [0.15, 0.2) is 30.3 Å². The minimum Gasteiger partial charge on any atom is -0.478 e. The molecule has 0 fully saturated rings. The van der Waals surface area contributed by atoms with E-state index >= 15 is 0 Å². The van der Waals surface area contributed by atoms with E-state index in [4.69, 9.17) is 16.3 Å². The van der Waals surface area contributed by atoms with Crippen molar-refractivity contribution in [1.29, 1.82) is 0 Å². The molecular formula is C19H26ClN5O2. The standard InChI is InChI=1S/C19H26ClN5O2/c1-5-21-16-12-17(25-13(2)24-16)22-10-11-23-18(26)19(3,4)27-15-8-6-14(20)7-9-15/h6-9,12H,5,10-11H2,1-4H3,(H,23,26)(H2,21,22,24,25). The molecule has 0 aliphatic carbocycles. The van der Waals surface area contributed by atoms with Crippen molar-refractivity contribution in [1.82, 2.24) is 15.3 Å². The van der Waals surface area contributed by atoms with E-state index in [1.807, 2.05) is 19.9 Å². The summed E-state index contributed by atoms with van der Waals surface area (Å²) in [7, 11) is 0. The van der Waals surface area contributed by atoms with E-state index in [1.165, 1.54) is 0 Å². The molecule has 2 aromatic rings. The SMILES string of the molecule is CCNc1cc(NCCNC(=O)C(C)(C)Oc2ccc(Cl)cc2)nc(C)n1. The van der Waals surface area contributed by atoms with Gasteiger partial charge in [0.1, 0.15) is 23.2 Å². The number of aromatic nitrogens is 2. The fourth-order valence-corrected chi connectivity index (χ4v) is 2.48. The lowest BCUT2D eigenvalue weighted by Gasteiger charge is -2.25. The van der Waals surface area contributed by atoms with Crippen molar-refractivity contribution in [2.75, 3.05) is 30.3 Å². The lowest BCUT2D eigenvalue weighted by molar-refractivity contribution is -0.134. The van der Waals surface area contributed by atoms with Crippen molar-refractivity contribution >= 4 is 29.1 Å². The normalized spacial score (nSPS) is 11.0. The zero-order chi connectivity index (χ0) is 19.9. The van der Waals surface area contributed by atoms with Crippen LogP contribution in [0.1, 0.15) is 26.6 Å². The van der Waals surface area contributed by atoms with Crippen molar-refractivity contribution in [3.05, 3.63) is 41.2 Å². The first kappa shape index (κ1) is 20.8. The van der Waals surface area contributed by atoms with Gasteiger partial charge in [0.25, 0.3) is 5.91 Å². The Labute approximate surface area is 164 Å². The number of carbonyl (C=O) groups is 1. The second-order valence-corrected chi connectivity index (χ2v) is 6.90. The third kappa shape index (κ3) is 6.60. The van der Waals surface area contributed by atoms with Gasteiger partial charge in [-0.3, -0.25) is 4.79 Å². The monoisotopic (exact) mass is 391 g/mol. The van der Waals surface area contributed by atoms with Crippen molar-refractivity contribution in [2.45, 2.75) is 33.3 Å². The molecular weight excluding hydrogens is 366 g/mol. The average Bonchev–Trinajstić information content (AvgIpc) is 2.60. The first-order valence-electron chi connectivity index (χ1n) is 8.86. The summed E-state index contributed by atoms with van der Waals surface area (Å²) in [5.41, 5.74) is -1.00. The third-order valence-electron chi connectivity index (χ3n) is 3.65. The Kier molecular flexibility index (Phi) is 7.24. The van der Waals surface area contributed by atoms with Gasteiger partial charge in [0, 0.05) is 30.7 Å². The number of ether oxygens (including phenoxy) is 1. The maximum Gasteiger partial charge on any atom is 0.263 e. The van der Waals surface area contributed by atoms with Crippen LogP contribution in [0.5, 0.6) is 5.75 Å². The molecule has 2 rings (SSSR count). The average molecular weight is 392 g/mol. The highest BCUT2D eigenvalue weighted by Crippen LogP contribution is 2.21. The van der Waals surface area contributed by atoms with Crippen molar-refractivity contribution < 1.29 is 9.53 Å². The zero-order valence-electron chi connectivity index (χ0n) is 16.1. The molecule has 7 nitrogen and oxygen atoms in total. The lowest BCUT2D eigenvalue weighted by Crippen LogP contribution is -2.47. The minimum absolute atomic E-state index is 0.202. The number of hydrogen-bond donors (Lipinski definition) is 3. The van der Waals surface area contributed by atoms with Crippen molar-refractivity contribution in [3.63, 3.8) is 0 Å². The van der Waals surface area contributed by atoms with E-state index in [1.54, 1.807) is 38.1 Å². The van der Waals surface area contributed by atoms with Crippen LogP contribution in [0.2, 0.25) is 5.02 Å². The Hall–Kier alpha value is -2.54. The fraction of sp³-hybridized carbons (Fsp3) is 0.421. The van der Waals surface area contributed by atoms with E-state index in [0.717, 1.165) is 12.4 Å². The Morgan fingerprint density at radius 2 is 1.74 bits per heavy atom. The second kappa shape index (κ2) is 9.41. The van der Waals surface area contributed by atoms with Gasteiger partial charge in [-0.05, 0) is 52.0 Å². The summed E-state index contributed by atoms with van der Waals surface area (Å²) in [4.78, 5) is 21.1. The highest BCUT2D eigenvalue weighted by atomic mass is 35.5. The summed E-state index contributed by atoms with van der Waals surface area (Å²) in [6, 6.07) is 8.75. The van der Waals surface area contributed by atoms with Crippen LogP contribution in [0.3, 0.4) is 0 Å². The summed E-state index contributed by atoms with van der Waals surface area (Å²) < 4.78 is 5.77. The van der Waals surface area contributed by atoms with Gasteiger partial charge in [0.05, 0.1) is 0 Å². The molecule has 0 saturated heterocycles. The van der Waals surface area contributed by atoms with Crippen molar-refractivity contribution in [2.24, 2.45) is 0 Å². The molecule has 0 radical (unpaired) electrons. The van der Waals surface area contributed by atoms with Crippen LogP contribution in [-0.2, 0) is 4.79 Å². The summed E-state index contributed by atoms with van der Waals surface area (Å²) in [5.74, 6) is 2.55. The molecule has 146 valence electrons. The predicted molar refractivity (Wildman–Crippen MR) is 109 cm³/mol. The predicted octanol–water partition coefficient (Wildman–Crippen LogP) is 3.26. The minimum atomic E-state index is -1.00. The lowest BCUT2D eigenvalue weighted by atomic mass is 10.1. The van der Waals surface area contributed by atoms with Crippen LogP contribution >= 0.6 is 11.6 Å². The molecule has 27 heavy (non-hydrogen) atoms.